The maximum Gasteiger partial charge on any atom is 0.331 e. The van der Waals surface area contributed by atoms with Crippen LogP contribution < -0.4 is 4.74 Å². The molecule has 2 bridgehead atoms. The SMILES string of the molecule is Cc1ccc(OC(=O)CN2C(=O)C3C4C=CC(C5CC45)C3C2=O)c(-n2nc3ccccc3n2)c1. The average molecular weight is 454 g/mol. The average Bonchev–Trinajstić information content (AvgIpc) is 3.50. The molecule has 170 valence electrons. The first-order chi connectivity index (χ1) is 16.5. The Hall–Kier alpha value is -3.81. The molecule has 0 N–H and O–H groups in total. The number of hydrogen-bond acceptors (Lipinski definition) is 6. The van der Waals surface area contributed by atoms with Crippen molar-refractivity contribution >= 4 is 28.8 Å². The first-order valence-electron chi connectivity index (χ1n) is 11.7. The largest absolute Gasteiger partial charge is 0.423 e. The number of imide groups is 1. The van der Waals surface area contributed by atoms with Gasteiger partial charge in [0.2, 0.25) is 11.8 Å². The number of esters is 1. The second kappa shape index (κ2) is 6.85. The highest BCUT2D eigenvalue weighted by molar-refractivity contribution is 6.08. The zero-order chi connectivity index (χ0) is 23.1. The van der Waals surface area contributed by atoms with E-state index in [9.17, 15) is 14.4 Å². The van der Waals surface area contributed by atoms with E-state index in [1.165, 1.54) is 4.80 Å². The maximum atomic E-state index is 13.2. The molecule has 8 heteroatoms. The standard InChI is InChI=1S/C26H22N4O4/c1-13-6-9-21(20(10-13)30-27-18-4-2-3-5-19(18)28-30)34-22(31)12-29-25(32)23-14-7-8-15(17-11-16(14)17)24(23)26(29)33/h2-10,14-17,23-24H,11-12H2,1H3. The van der Waals surface area contributed by atoms with Gasteiger partial charge in [-0.3, -0.25) is 14.5 Å². The highest BCUT2D eigenvalue weighted by Gasteiger charge is 2.67. The summed E-state index contributed by atoms with van der Waals surface area (Å²) < 4.78 is 5.66. The van der Waals surface area contributed by atoms with Gasteiger partial charge in [0.05, 0.1) is 11.8 Å². The molecule has 2 heterocycles. The van der Waals surface area contributed by atoms with E-state index in [1.54, 1.807) is 6.07 Å². The van der Waals surface area contributed by atoms with E-state index in [0.29, 0.717) is 17.5 Å². The lowest BCUT2D eigenvalue weighted by atomic mass is 9.63. The predicted molar refractivity (Wildman–Crippen MR) is 121 cm³/mol. The van der Waals surface area contributed by atoms with Crippen molar-refractivity contribution in [2.24, 2.45) is 35.5 Å². The highest BCUT2D eigenvalue weighted by Crippen LogP contribution is 2.65. The van der Waals surface area contributed by atoms with Gasteiger partial charge >= 0.3 is 5.97 Å². The summed E-state index contributed by atoms with van der Waals surface area (Å²) in [6.07, 6.45) is 5.34. The minimum atomic E-state index is -0.660. The summed E-state index contributed by atoms with van der Waals surface area (Å²) in [5.74, 6) is -0.212. The number of allylic oxidation sites excluding steroid dienone is 2. The van der Waals surface area contributed by atoms with Crippen molar-refractivity contribution in [3.05, 3.63) is 60.2 Å². The Bertz CT molecular complexity index is 1360. The molecule has 6 unspecified atom stereocenters. The van der Waals surface area contributed by atoms with Crippen LogP contribution >= 0.6 is 0 Å². The third-order valence-corrected chi connectivity index (χ3v) is 7.88. The molecule has 3 aromatic rings. The molecule has 1 aliphatic heterocycles. The molecular formula is C26H22N4O4. The van der Waals surface area contributed by atoms with Crippen LogP contribution in [0.2, 0.25) is 0 Å². The molecule has 8 nitrogen and oxygen atoms in total. The van der Waals surface area contributed by atoms with E-state index in [2.05, 4.69) is 22.3 Å². The molecule has 0 radical (unpaired) electrons. The van der Waals surface area contributed by atoms with Crippen molar-refractivity contribution in [1.82, 2.24) is 19.9 Å². The minimum absolute atomic E-state index is 0.126. The van der Waals surface area contributed by atoms with Gasteiger partial charge in [0.15, 0.2) is 5.75 Å². The number of carbonyl (C=O) groups is 3. The molecule has 34 heavy (non-hydrogen) atoms. The molecule has 8 rings (SSSR count). The number of hydrogen-bond donors (Lipinski definition) is 0. The molecular weight excluding hydrogens is 432 g/mol. The van der Waals surface area contributed by atoms with Gasteiger partial charge in [-0.15, -0.1) is 15.0 Å². The summed E-state index contributed by atoms with van der Waals surface area (Å²) in [6.45, 7) is 1.54. The monoisotopic (exact) mass is 454 g/mol. The van der Waals surface area contributed by atoms with E-state index < -0.39 is 5.97 Å². The molecule has 5 aliphatic rings. The van der Waals surface area contributed by atoms with Crippen molar-refractivity contribution in [2.45, 2.75) is 13.3 Å². The molecule has 0 spiro atoms. The summed E-state index contributed by atoms with van der Waals surface area (Å²) in [6, 6.07) is 12.8. The second-order valence-corrected chi connectivity index (χ2v) is 9.84. The van der Waals surface area contributed by atoms with Crippen LogP contribution in [0.15, 0.2) is 54.6 Å². The Kier molecular flexibility index (Phi) is 3.96. The molecule has 3 fully saturated rings. The Morgan fingerprint density at radius 2 is 1.59 bits per heavy atom. The zero-order valence-corrected chi connectivity index (χ0v) is 18.5. The summed E-state index contributed by atoms with van der Waals surface area (Å²) >= 11 is 0. The van der Waals surface area contributed by atoms with Gasteiger partial charge in [0, 0.05) is 0 Å². The van der Waals surface area contributed by atoms with Crippen LogP contribution in [0.3, 0.4) is 0 Å². The van der Waals surface area contributed by atoms with Crippen molar-refractivity contribution in [2.75, 3.05) is 6.54 Å². The number of nitrogens with zero attached hydrogens (tertiary/aromatic N) is 4. The van der Waals surface area contributed by atoms with Crippen LogP contribution in [0.25, 0.3) is 16.7 Å². The lowest BCUT2D eigenvalue weighted by Gasteiger charge is -2.37. The first-order valence-corrected chi connectivity index (χ1v) is 11.7. The van der Waals surface area contributed by atoms with Gasteiger partial charge in [0.25, 0.3) is 0 Å². The summed E-state index contributed by atoms with van der Waals surface area (Å²) in [4.78, 5) is 41.8. The fourth-order valence-electron chi connectivity index (χ4n) is 6.30. The van der Waals surface area contributed by atoms with Crippen LogP contribution in [0, 0.1) is 42.4 Å². The van der Waals surface area contributed by atoms with Gasteiger partial charge in [0.1, 0.15) is 23.3 Å². The number of fused-ring (bicyclic) bond motifs is 1. The Balaban J connectivity index is 1.14. The summed E-state index contributed by atoms with van der Waals surface area (Å²) in [7, 11) is 0. The normalized spacial score (nSPS) is 30.6. The number of rotatable bonds is 4. The fourth-order valence-corrected chi connectivity index (χ4v) is 6.30. The number of carbonyl (C=O) groups excluding carboxylic acids is 3. The highest BCUT2D eigenvalue weighted by atomic mass is 16.5. The van der Waals surface area contributed by atoms with Crippen LogP contribution in [0.5, 0.6) is 5.75 Å². The third-order valence-electron chi connectivity index (χ3n) is 7.88. The number of ether oxygens (including phenoxy) is 1. The smallest absolute Gasteiger partial charge is 0.331 e. The Morgan fingerprint density at radius 1 is 0.971 bits per heavy atom. The van der Waals surface area contributed by atoms with Gasteiger partial charge in [-0.1, -0.05) is 30.4 Å². The number of aryl methyl sites for hydroxylation is 1. The van der Waals surface area contributed by atoms with Crippen LogP contribution in [-0.4, -0.2) is 44.2 Å². The number of aromatic nitrogens is 3. The summed E-state index contributed by atoms with van der Waals surface area (Å²) in [5.41, 5.74) is 2.91. The quantitative estimate of drug-likeness (QED) is 0.260. The first kappa shape index (κ1) is 19.6. The Labute approximate surface area is 195 Å². The molecule has 2 saturated carbocycles. The molecule has 1 aromatic heterocycles. The number of benzene rings is 2. The van der Waals surface area contributed by atoms with Crippen molar-refractivity contribution in [3.63, 3.8) is 0 Å². The van der Waals surface area contributed by atoms with Gasteiger partial charge in [-0.2, -0.15) is 0 Å². The van der Waals surface area contributed by atoms with Crippen LogP contribution in [0.4, 0.5) is 0 Å². The van der Waals surface area contributed by atoms with E-state index in [0.717, 1.165) is 27.9 Å². The maximum absolute atomic E-state index is 13.2. The van der Waals surface area contributed by atoms with E-state index >= 15 is 0 Å². The van der Waals surface area contributed by atoms with Crippen molar-refractivity contribution in [3.8, 4) is 11.4 Å². The van der Waals surface area contributed by atoms with Crippen molar-refractivity contribution < 1.29 is 19.1 Å². The number of amides is 2. The topological polar surface area (TPSA) is 94.4 Å². The zero-order valence-electron chi connectivity index (χ0n) is 18.5. The molecule has 1 saturated heterocycles. The van der Waals surface area contributed by atoms with Crippen LogP contribution in [0.1, 0.15) is 12.0 Å². The minimum Gasteiger partial charge on any atom is -0.423 e. The fraction of sp³-hybridized carbons (Fsp3) is 0.346. The van der Waals surface area contributed by atoms with Gasteiger partial charge in [-0.25, -0.2) is 4.79 Å². The van der Waals surface area contributed by atoms with E-state index in [-0.39, 0.29) is 47.8 Å². The van der Waals surface area contributed by atoms with Crippen LogP contribution in [-0.2, 0) is 14.4 Å². The van der Waals surface area contributed by atoms with Gasteiger partial charge in [-0.05, 0) is 66.8 Å². The van der Waals surface area contributed by atoms with E-state index in [4.69, 9.17) is 4.74 Å². The number of likely N-dealkylation sites (tertiary alicyclic amines) is 1. The second-order valence-electron chi connectivity index (χ2n) is 9.84. The van der Waals surface area contributed by atoms with Crippen molar-refractivity contribution in [1.29, 1.82) is 0 Å². The van der Waals surface area contributed by atoms with Gasteiger partial charge < -0.3 is 4.74 Å². The summed E-state index contributed by atoms with van der Waals surface area (Å²) in [5, 5.41) is 8.98. The predicted octanol–water partition coefficient (Wildman–Crippen LogP) is 2.69. The molecule has 4 aliphatic carbocycles. The molecule has 2 amide bonds. The molecule has 6 atom stereocenters. The third kappa shape index (κ3) is 2.74. The Morgan fingerprint density at radius 3 is 2.21 bits per heavy atom. The van der Waals surface area contributed by atoms with E-state index in [1.807, 2.05) is 43.3 Å². The lowest BCUT2D eigenvalue weighted by Crippen LogP contribution is -2.40. The lowest BCUT2D eigenvalue weighted by molar-refractivity contribution is -0.148. The molecule has 2 aromatic carbocycles.